The Labute approximate surface area is 166 Å². The first-order valence-electron chi connectivity index (χ1n) is 10.1. The standard InChI is InChI=1S/C22H27N3O3/c1-17(19-5-3-2-4-6-19)23-14-22(26)25-11-9-24(10-12-25)15-18-7-8-20-21(13-18)28-16-27-20/h2-8,13,17,23H,9-12,14-16H2,1H3/p+2/t17-/m0/s1. The third-order valence-corrected chi connectivity index (χ3v) is 5.69. The maximum absolute atomic E-state index is 12.6. The Bertz CT molecular complexity index is 804. The van der Waals surface area contributed by atoms with Gasteiger partial charge in [0.15, 0.2) is 18.0 Å². The van der Waals surface area contributed by atoms with Crippen LogP contribution in [0.2, 0.25) is 0 Å². The van der Waals surface area contributed by atoms with E-state index >= 15 is 0 Å². The molecule has 3 N–H and O–H groups in total. The highest BCUT2D eigenvalue weighted by Gasteiger charge is 2.25. The van der Waals surface area contributed by atoms with Gasteiger partial charge < -0.3 is 24.6 Å². The van der Waals surface area contributed by atoms with Gasteiger partial charge in [-0.1, -0.05) is 30.3 Å². The fourth-order valence-corrected chi connectivity index (χ4v) is 3.89. The van der Waals surface area contributed by atoms with Crippen LogP contribution in [-0.4, -0.2) is 50.3 Å². The van der Waals surface area contributed by atoms with E-state index < -0.39 is 0 Å². The van der Waals surface area contributed by atoms with Crippen molar-refractivity contribution in [1.29, 1.82) is 0 Å². The molecular weight excluding hydrogens is 354 g/mol. The molecule has 2 aliphatic rings. The molecule has 0 aliphatic carbocycles. The fraction of sp³-hybridized carbons (Fsp3) is 0.409. The summed E-state index contributed by atoms with van der Waals surface area (Å²) in [4.78, 5) is 16.1. The molecule has 2 aliphatic heterocycles. The van der Waals surface area contributed by atoms with Crippen molar-refractivity contribution in [3.63, 3.8) is 0 Å². The largest absolute Gasteiger partial charge is 0.454 e. The lowest BCUT2D eigenvalue weighted by atomic mass is 10.1. The average Bonchev–Trinajstić information content (AvgIpc) is 3.21. The first kappa shape index (κ1) is 18.8. The number of carbonyl (C=O) groups excluding carboxylic acids is 1. The van der Waals surface area contributed by atoms with Crippen molar-refractivity contribution in [2.45, 2.75) is 19.5 Å². The number of benzene rings is 2. The highest BCUT2D eigenvalue weighted by atomic mass is 16.7. The van der Waals surface area contributed by atoms with Crippen LogP contribution in [0.5, 0.6) is 11.5 Å². The molecule has 6 heteroatoms. The van der Waals surface area contributed by atoms with Crippen LogP contribution >= 0.6 is 0 Å². The quantitative estimate of drug-likeness (QED) is 0.736. The molecule has 0 aromatic heterocycles. The second-order valence-corrected chi connectivity index (χ2v) is 7.63. The molecule has 0 saturated carbocycles. The summed E-state index contributed by atoms with van der Waals surface area (Å²) in [5.74, 6) is 1.91. The summed E-state index contributed by atoms with van der Waals surface area (Å²) < 4.78 is 10.8. The number of hydrogen-bond acceptors (Lipinski definition) is 3. The average molecular weight is 383 g/mol. The molecule has 1 saturated heterocycles. The lowest BCUT2D eigenvalue weighted by Gasteiger charge is -2.32. The Morgan fingerprint density at radius 1 is 1.11 bits per heavy atom. The number of nitrogens with one attached hydrogen (secondary N) is 1. The van der Waals surface area contributed by atoms with Crippen molar-refractivity contribution in [3.05, 3.63) is 59.7 Å². The highest BCUT2D eigenvalue weighted by molar-refractivity contribution is 5.77. The molecule has 6 nitrogen and oxygen atoms in total. The topological polar surface area (TPSA) is 59.8 Å². The van der Waals surface area contributed by atoms with Crippen LogP contribution < -0.4 is 19.7 Å². The Hall–Kier alpha value is -2.57. The van der Waals surface area contributed by atoms with E-state index in [-0.39, 0.29) is 5.91 Å². The Kier molecular flexibility index (Phi) is 5.78. The molecule has 1 atom stereocenters. The van der Waals surface area contributed by atoms with E-state index in [4.69, 9.17) is 9.47 Å². The van der Waals surface area contributed by atoms with Gasteiger partial charge in [-0.25, -0.2) is 0 Å². The van der Waals surface area contributed by atoms with Gasteiger partial charge in [-0.05, 0) is 25.1 Å². The van der Waals surface area contributed by atoms with Gasteiger partial charge in [-0.2, -0.15) is 0 Å². The fourth-order valence-electron chi connectivity index (χ4n) is 3.89. The van der Waals surface area contributed by atoms with Gasteiger partial charge in [0, 0.05) is 11.1 Å². The number of ether oxygens (including phenoxy) is 2. The number of quaternary nitrogens is 2. The zero-order valence-corrected chi connectivity index (χ0v) is 16.4. The molecular formula is C22H29N3O3+2. The molecule has 0 unspecified atom stereocenters. The number of amides is 1. The van der Waals surface area contributed by atoms with Crippen molar-refractivity contribution in [1.82, 2.24) is 4.90 Å². The van der Waals surface area contributed by atoms with Crippen molar-refractivity contribution < 1.29 is 24.5 Å². The van der Waals surface area contributed by atoms with Gasteiger partial charge in [0.1, 0.15) is 12.6 Å². The monoisotopic (exact) mass is 383 g/mol. The number of fused-ring (bicyclic) bond motifs is 1. The van der Waals surface area contributed by atoms with E-state index in [0.717, 1.165) is 44.2 Å². The molecule has 148 valence electrons. The van der Waals surface area contributed by atoms with Gasteiger partial charge in [-0.15, -0.1) is 0 Å². The van der Waals surface area contributed by atoms with E-state index in [1.165, 1.54) is 16.0 Å². The normalized spacial score (nSPS) is 17.5. The third-order valence-electron chi connectivity index (χ3n) is 5.69. The minimum atomic E-state index is 0.241. The number of hydrogen-bond donors (Lipinski definition) is 2. The second kappa shape index (κ2) is 8.63. The SMILES string of the molecule is C[C@H]([NH2+]CC(=O)N1CC[NH+](Cc2ccc3c(c2)OCO3)CC1)c1ccccc1. The van der Waals surface area contributed by atoms with Crippen LogP contribution in [0.4, 0.5) is 0 Å². The molecule has 0 spiro atoms. The summed E-state index contributed by atoms with van der Waals surface area (Å²) in [7, 11) is 0. The molecule has 2 aromatic carbocycles. The van der Waals surface area contributed by atoms with E-state index in [0.29, 0.717) is 19.4 Å². The Morgan fingerprint density at radius 2 is 1.86 bits per heavy atom. The predicted octanol–water partition coefficient (Wildman–Crippen LogP) is -0.0330. The molecule has 28 heavy (non-hydrogen) atoms. The van der Waals surface area contributed by atoms with Gasteiger partial charge in [-0.3, -0.25) is 4.79 Å². The van der Waals surface area contributed by atoms with E-state index in [1.54, 1.807) is 0 Å². The molecule has 4 rings (SSSR count). The minimum absolute atomic E-state index is 0.241. The summed E-state index contributed by atoms with van der Waals surface area (Å²) in [5, 5.41) is 2.13. The zero-order chi connectivity index (χ0) is 19.3. The zero-order valence-electron chi connectivity index (χ0n) is 16.4. The predicted molar refractivity (Wildman–Crippen MR) is 105 cm³/mol. The summed E-state index contributed by atoms with van der Waals surface area (Å²) in [6, 6.07) is 16.8. The molecule has 0 bridgehead atoms. The maximum atomic E-state index is 12.6. The number of nitrogens with zero attached hydrogens (tertiary/aromatic N) is 1. The molecule has 0 radical (unpaired) electrons. The minimum Gasteiger partial charge on any atom is -0.454 e. The van der Waals surface area contributed by atoms with Crippen LogP contribution in [-0.2, 0) is 11.3 Å². The highest BCUT2D eigenvalue weighted by Crippen LogP contribution is 2.32. The number of piperazine rings is 1. The van der Waals surface area contributed by atoms with Crippen LogP contribution in [0, 0.1) is 0 Å². The van der Waals surface area contributed by atoms with Gasteiger partial charge >= 0.3 is 0 Å². The second-order valence-electron chi connectivity index (χ2n) is 7.63. The summed E-state index contributed by atoms with van der Waals surface area (Å²) >= 11 is 0. The lowest BCUT2D eigenvalue weighted by Crippen LogP contribution is -3.13. The molecule has 2 aromatic rings. The van der Waals surface area contributed by atoms with Gasteiger partial charge in [0.2, 0.25) is 6.79 Å². The van der Waals surface area contributed by atoms with Crippen molar-refractivity contribution in [2.24, 2.45) is 0 Å². The van der Waals surface area contributed by atoms with E-state index in [9.17, 15) is 4.79 Å². The van der Waals surface area contributed by atoms with E-state index in [2.05, 4.69) is 36.5 Å². The first-order valence-corrected chi connectivity index (χ1v) is 10.1. The number of nitrogens with two attached hydrogens (primary N) is 1. The first-order chi connectivity index (χ1) is 13.7. The smallest absolute Gasteiger partial charge is 0.278 e. The van der Waals surface area contributed by atoms with Crippen LogP contribution in [0.3, 0.4) is 0 Å². The number of carbonyl (C=O) groups is 1. The summed E-state index contributed by atoms with van der Waals surface area (Å²) in [5.41, 5.74) is 2.51. The molecule has 2 heterocycles. The lowest BCUT2D eigenvalue weighted by molar-refractivity contribution is -0.917. The van der Waals surface area contributed by atoms with Crippen molar-refractivity contribution in [2.75, 3.05) is 39.5 Å². The Balaban J connectivity index is 1.22. The Morgan fingerprint density at radius 3 is 2.64 bits per heavy atom. The summed E-state index contributed by atoms with van der Waals surface area (Å²) in [6.45, 7) is 7.53. The van der Waals surface area contributed by atoms with Crippen molar-refractivity contribution in [3.8, 4) is 11.5 Å². The van der Waals surface area contributed by atoms with Crippen LogP contribution in [0.1, 0.15) is 24.1 Å². The maximum Gasteiger partial charge on any atom is 0.278 e. The molecule has 1 fully saturated rings. The van der Waals surface area contributed by atoms with Crippen LogP contribution in [0.15, 0.2) is 48.5 Å². The summed E-state index contributed by atoms with van der Waals surface area (Å²) in [6.07, 6.45) is 0. The molecule has 1 amide bonds. The third kappa shape index (κ3) is 4.46. The van der Waals surface area contributed by atoms with Gasteiger partial charge in [0.25, 0.3) is 5.91 Å². The van der Waals surface area contributed by atoms with E-state index in [1.807, 2.05) is 29.2 Å². The van der Waals surface area contributed by atoms with Crippen molar-refractivity contribution >= 4 is 5.91 Å². The van der Waals surface area contributed by atoms with Gasteiger partial charge in [0.05, 0.1) is 26.2 Å². The number of rotatable bonds is 6. The van der Waals surface area contributed by atoms with Crippen LogP contribution in [0.25, 0.3) is 0 Å².